The van der Waals surface area contributed by atoms with Gasteiger partial charge in [-0.25, -0.2) is 0 Å². The number of ether oxygens (including phenoxy) is 2. The predicted molar refractivity (Wildman–Crippen MR) is 106 cm³/mol. The van der Waals surface area contributed by atoms with Crippen molar-refractivity contribution in [3.05, 3.63) is 28.8 Å². The van der Waals surface area contributed by atoms with Crippen molar-refractivity contribution in [1.29, 1.82) is 0 Å². The monoisotopic (exact) mass is 404 g/mol. The number of rotatable bonds is 6. The molecule has 0 spiro atoms. The second-order valence-corrected chi connectivity index (χ2v) is 7.57. The Balaban J connectivity index is 1.58. The summed E-state index contributed by atoms with van der Waals surface area (Å²) in [6.07, 6.45) is 2.01. The number of carbonyl (C=O) groups is 2. The van der Waals surface area contributed by atoms with Crippen LogP contribution in [0.5, 0.6) is 11.5 Å². The lowest BCUT2D eigenvalue weighted by molar-refractivity contribution is -0.121. The van der Waals surface area contributed by atoms with E-state index in [0.717, 1.165) is 11.4 Å². The van der Waals surface area contributed by atoms with E-state index in [9.17, 15) is 9.59 Å². The number of hydrogen-bond acceptors (Lipinski definition) is 7. The maximum absolute atomic E-state index is 12.8. The fourth-order valence-corrected chi connectivity index (χ4v) is 3.80. The topological polar surface area (TPSA) is 93.7 Å². The van der Waals surface area contributed by atoms with Crippen molar-refractivity contribution in [3.63, 3.8) is 0 Å². The molecule has 2 amide bonds. The molecule has 0 atom stereocenters. The Kier molecular flexibility index (Phi) is 6.45. The van der Waals surface area contributed by atoms with Gasteiger partial charge < -0.3 is 19.7 Å². The van der Waals surface area contributed by atoms with E-state index < -0.39 is 0 Å². The lowest BCUT2D eigenvalue weighted by Crippen LogP contribution is -2.41. The summed E-state index contributed by atoms with van der Waals surface area (Å²) in [4.78, 5) is 27.1. The largest absolute Gasteiger partial charge is 0.497 e. The van der Waals surface area contributed by atoms with E-state index in [2.05, 4.69) is 15.5 Å². The van der Waals surface area contributed by atoms with Crippen LogP contribution in [0.1, 0.15) is 35.1 Å². The second-order valence-electron chi connectivity index (χ2n) is 6.51. The van der Waals surface area contributed by atoms with E-state index in [4.69, 9.17) is 9.47 Å². The number of nitrogens with one attached hydrogen (secondary N) is 1. The molecule has 1 fully saturated rings. The molecule has 0 radical (unpaired) electrons. The summed E-state index contributed by atoms with van der Waals surface area (Å²) in [5, 5.41) is 12.3. The summed E-state index contributed by atoms with van der Waals surface area (Å²) in [6, 6.07) is 5.12. The van der Waals surface area contributed by atoms with Gasteiger partial charge in [0, 0.05) is 30.6 Å². The molecule has 8 nitrogen and oxygen atoms in total. The first-order valence-electron chi connectivity index (χ1n) is 9.19. The maximum Gasteiger partial charge on any atom is 0.254 e. The average Bonchev–Trinajstić information content (AvgIpc) is 3.20. The van der Waals surface area contributed by atoms with Crippen molar-refractivity contribution >= 4 is 28.3 Å². The van der Waals surface area contributed by atoms with Gasteiger partial charge in [0.15, 0.2) is 0 Å². The molecule has 1 aromatic carbocycles. The van der Waals surface area contributed by atoms with Gasteiger partial charge in [0.05, 0.1) is 14.2 Å². The van der Waals surface area contributed by atoms with Crippen molar-refractivity contribution in [1.82, 2.24) is 15.1 Å². The number of anilines is 1. The number of carbonyl (C=O) groups excluding carboxylic acids is 2. The Morgan fingerprint density at radius 3 is 2.32 bits per heavy atom. The highest BCUT2D eigenvalue weighted by molar-refractivity contribution is 7.15. The van der Waals surface area contributed by atoms with E-state index in [0.29, 0.717) is 48.1 Å². The molecule has 1 aliphatic heterocycles. The fourth-order valence-electron chi connectivity index (χ4n) is 3.11. The standard InChI is InChI=1S/C19H24N4O4S/c1-4-16-21-22-19(28-16)20-17(24)12-5-7-23(8-6-12)18(25)13-9-14(26-2)11-15(10-13)27-3/h9-12H,4-8H2,1-3H3,(H,20,22,24). The van der Waals surface area contributed by atoms with E-state index in [1.54, 1.807) is 37.3 Å². The molecule has 3 rings (SSSR count). The van der Waals surface area contributed by atoms with Gasteiger partial charge in [-0.05, 0) is 31.4 Å². The maximum atomic E-state index is 12.8. The quantitative estimate of drug-likeness (QED) is 0.795. The SMILES string of the molecule is CCc1nnc(NC(=O)C2CCN(C(=O)c3cc(OC)cc(OC)c3)CC2)s1. The first-order chi connectivity index (χ1) is 13.5. The van der Waals surface area contributed by atoms with Crippen molar-refractivity contribution in [2.45, 2.75) is 26.2 Å². The molecular weight excluding hydrogens is 380 g/mol. The zero-order valence-electron chi connectivity index (χ0n) is 16.2. The van der Waals surface area contributed by atoms with Crippen LogP contribution in [-0.4, -0.2) is 54.2 Å². The molecule has 0 aliphatic carbocycles. The number of aromatic nitrogens is 2. The molecule has 2 aromatic rings. The summed E-state index contributed by atoms with van der Waals surface area (Å²) in [5.41, 5.74) is 0.514. The minimum Gasteiger partial charge on any atom is -0.497 e. The molecule has 0 saturated carbocycles. The van der Waals surface area contributed by atoms with E-state index >= 15 is 0 Å². The molecule has 1 aliphatic rings. The van der Waals surface area contributed by atoms with Crippen LogP contribution in [0.25, 0.3) is 0 Å². The van der Waals surface area contributed by atoms with Crippen LogP contribution in [0, 0.1) is 5.92 Å². The van der Waals surface area contributed by atoms with Gasteiger partial charge >= 0.3 is 0 Å². The number of nitrogens with zero attached hydrogens (tertiary/aromatic N) is 3. The molecule has 9 heteroatoms. The molecule has 1 aromatic heterocycles. The Hall–Kier alpha value is -2.68. The zero-order valence-corrected chi connectivity index (χ0v) is 17.0. The molecule has 1 N–H and O–H groups in total. The van der Waals surface area contributed by atoms with Gasteiger partial charge in [-0.15, -0.1) is 10.2 Å². The number of piperidine rings is 1. The predicted octanol–water partition coefficient (Wildman–Crippen LogP) is 2.61. The van der Waals surface area contributed by atoms with Crippen molar-refractivity contribution in [2.75, 3.05) is 32.6 Å². The van der Waals surface area contributed by atoms with E-state index in [1.165, 1.54) is 11.3 Å². The summed E-state index contributed by atoms with van der Waals surface area (Å²) >= 11 is 1.39. The van der Waals surface area contributed by atoms with Crippen LogP contribution in [0.4, 0.5) is 5.13 Å². The highest BCUT2D eigenvalue weighted by Gasteiger charge is 2.28. The number of methoxy groups -OCH3 is 2. The lowest BCUT2D eigenvalue weighted by atomic mass is 9.95. The van der Waals surface area contributed by atoms with Gasteiger partial charge in [0.1, 0.15) is 16.5 Å². The van der Waals surface area contributed by atoms with Crippen LogP contribution < -0.4 is 14.8 Å². The molecule has 1 saturated heterocycles. The van der Waals surface area contributed by atoms with Gasteiger partial charge in [-0.3, -0.25) is 9.59 Å². The van der Waals surface area contributed by atoms with Crippen LogP contribution in [0.2, 0.25) is 0 Å². The van der Waals surface area contributed by atoms with Crippen molar-refractivity contribution in [3.8, 4) is 11.5 Å². The van der Waals surface area contributed by atoms with Crippen LogP contribution >= 0.6 is 11.3 Å². The smallest absolute Gasteiger partial charge is 0.254 e. The number of hydrogen-bond donors (Lipinski definition) is 1. The number of aryl methyl sites for hydroxylation is 1. The minimum absolute atomic E-state index is 0.0612. The Morgan fingerprint density at radius 2 is 1.79 bits per heavy atom. The first-order valence-corrected chi connectivity index (χ1v) is 10.0. The fraction of sp³-hybridized carbons (Fsp3) is 0.474. The van der Waals surface area contributed by atoms with Crippen LogP contribution in [-0.2, 0) is 11.2 Å². The molecule has 0 bridgehead atoms. The third-order valence-electron chi connectivity index (χ3n) is 4.75. The summed E-state index contributed by atoms with van der Waals surface area (Å²) < 4.78 is 10.5. The molecule has 150 valence electrons. The molecule has 0 unspecified atom stereocenters. The summed E-state index contributed by atoms with van der Waals surface area (Å²) in [5.74, 6) is 0.848. The molecular formula is C19H24N4O4S. The van der Waals surface area contributed by atoms with E-state index in [1.807, 2.05) is 6.92 Å². The number of likely N-dealkylation sites (tertiary alicyclic amines) is 1. The Labute approximate surface area is 167 Å². The van der Waals surface area contributed by atoms with Gasteiger partial charge in [-0.2, -0.15) is 0 Å². The lowest BCUT2D eigenvalue weighted by Gasteiger charge is -2.31. The van der Waals surface area contributed by atoms with Gasteiger partial charge in [0.2, 0.25) is 11.0 Å². The Morgan fingerprint density at radius 1 is 1.14 bits per heavy atom. The van der Waals surface area contributed by atoms with Gasteiger partial charge in [0.25, 0.3) is 5.91 Å². The van der Waals surface area contributed by atoms with Crippen LogP contribution in [0.3, 0.4) is 0 Å². The summed E-state index contributed by atoms with van der Waals surface area (Å²) in [7, 11) is 3.10. The molecule has 28 heavy (non-hydrogen) atoms. The van der Waals surface area contributed by atoms with Gasteiger partial charge in [-0.1, -0.05) is 18.3 Å². The normalized spacial score (nSPS) is 14.6. The molecule has 2 heterocycles. The summed E-state index contributed by atoms with van der Waals surface area (Å²) in [6.45, 7) is 3.04. The second kappa shape index (κ2) is 9.01. The third-order valence-corrected chi connectivity index (χ3v) is 5.73. The highest BCUT2D eigenvalue weighted by atomic mass is 32.1. The minimum atomic E-state index is -0.141. The number of benzene rings is 1. The van der Waals surface area contributed by atoms with Crippen molar-refractivity contribution in [2.24, 2.45) is 5.92 Å². The average molecular weight is 404 g/mol. The third kappa shape index (κ3) is 4.59. The Bertz CT molecular complexity index is 824. The first kappa shape index (κ1) is 20.1. The van der Waals surface area contributed by atoms with Crippen molar-refractivity contribution < 1.29 is 19.1 Å². The van der Waals surface area contributed by atoms with E-state index in [-0.39, 0.29) is 17.7 Å². The number of amides is 2. The zero-order chi connectivity index (χ0) is 20.1. The van der Waals surface area contributed by atoms with Crippen LogP contribution in [0.15, 0.2) is 18.2 Å². The highest BCUT2D eigenvalue weighted by Crippen LogP contribution is 2.26.